The van der Waals surface area contributed by atoms with Crippen molar-refractivity contribution in [2.75, 3.05) is 23.9 Å². The largest absolute Gasteiger partial charge is 0.351 e. The van der Waals surface area contributed by atoms with Crippen LogP contribution in [0.4, 0.5) is 18.9 Å². The molecule has 2 amide bonds. The quantitative estimate of drug-likeness (QED) is 0.405. The maximum atomic E-state index is 14.3. The molecule has 0 spiro atoms. The third-order valence-corrected chi connectivity index (χ3v) is 7.68. The van der Waals surface area contributed by atoms with E-state index in [1.165, 1.54) is 24.3 Å². The van der Waals surface area contributed by atoms with Crippen LogP contribution >= 0.6 is 23.2 Å². The summed E-state index contributed by atoms with van der Waals surface area (Å²) in [5.41, 5.74) is 0.0930. The molecule has 14 heteroatoms. The van der Waals surface area contributed by atoms with E-state index < -0.39 is 65.2 Å². The van der Waals surface area contributed by atoms with Crippen molar-refractivity contribution >= 4 is 50.9 Å². The van der Waals surface area contributed by atoms with E-state index in [-0.39, 0.29) is 41.5 Å². The van der Waals surface area contributed by atoms with Crippen LogP contribution in [-0.4, -0.2) is 55.5 Å². The number of nitrogens with one attached hydrogen (secondary N) is 1. The van der Waals surface area contributed by atoms with Crippen molar-refractivity contribution in [2.24, 2.45) is 5.14 Å². The fourth-order valence-electron chi connectivity index (χ4n) is 4.24. The summed E-state index contributed by atoms with van der Waals surface area (Å²) in [6.45, 7) is -1.12. The molecule has 0 bridgehead atoms. The van der Waals surface area contributed by atoms with Gasteiger partial charge in [-0.15, -0.1) is 11.6 Å². The summed E-state index contributed by atoms with van der Waals surface area (Å²) in [6.07, 6.45) is -0.806. The molecule has 0 aromatic heterocycles. The van der Waals surface area contributed by atoms with Gasteiger partial charge in [0.25, 0.3) is 10.2 Å². The first-order chi connectivity index (χ1) is 17.8. The molecule has 1 aliphatic carbocycles. The van der Waals surface area contributed by atoms with Gasteiger partial charge in [0.05, 0.1) is 6.54 Å². The van der Waals surface area contributed by atoms with Crippen LogP contribution in [0.2, 0.25) is 5.02 Å². The SMILES string of the molecule is NS(=O)(=O)N(CCCl)CC(=O)N(c1cccc(F)c1)C(C(=O)NC1CCC(F)(F)CC1)c1ccccc1Cl. The normalized spacial score (nSPS) is 16.7. The Balaban J connectivity index is 2.07. The van der Waals surface area contributed by atoms with Crippen molar-refractivity contribution in [3.8, 4) is 0 Å². The summed E-state index contributed by atoms with van der Waals surface area (Å²) in [5.74, 6) is -5.41. The van der Waals surface area contributed by atoms with Gasteiger partial charge in [-0.2, -0.15) is 12.7 Å². The molecule has 0 radical (unpaired) electrons. The van der Waals surface area contributed by atoms with Gasteiger partial charge in [0.2, 0.25) is 17.7 Å². The first-order valence-electron chi connectivity index (χ1n) is 11.7. The molecule has 208 valence electrons. The predicted molar refractivity (Wildman–Crippen MR) is 139 cm³/mol. The minimum Gasteiger partial charge on any atom is -0.351 e. The maximum Gasteiger partial charge on any atom is 0.277 e. The molecule has 2 aromatic carbocycles. The summed E-state index contributed by atoms with van der Waals surface area (Å²) in [6, 6.07) is 8.83. The molecule has 8 nitrogen and oxygen atoms in total. The van der Waals surface area contributed by atoms with Gasteiger partial charge in [-0.3, -0.25) is 14.5 Å². The van der Waals surface area contributed by atoms with Gasteiger partial charge < -0.3 is 5.32 Å². The molecule has 2 aromatic rings. The average Bonchev–Trinajstić information content (AvgIpc) is 2.83. The van der Waals surface area contributed by atoms with E-state index in [2.05, 4.69) is 5.32 Å². The molecular weight excluding hydrogens is 568 g/mol. The van der Waals surface area contributed by atoms with E-state index >= 15 is 0 Å². The molecule has 0 aliphatic heterocycles. The number of hydrogen-bond acceptors (Lipinski definition) is 4. The van der Waals surface area contributed by atoms with Crippen molar-refractivity contribution in [3.05, 3.63) is 64.9 Å². The first kappa shape index (κ1) is 30.2. The highest BCUT2D eigenvalue weighted by Gasteiger charge is 2.39. The lowest BCUT2D eigenvalue weighted by Gasteiger charge is -2.35. The molecule has 1 aliphatic rings. The Kier molecular flexibility index (Phi) is 10.0. The fraction of sp³-hybridized carbons (Fsp3) is 0.417. The number of hydrogen-bond donors (Lipinski definition) is 2. The van der Waals surface area contributed by atoms with Crippen LogP contribution < -0.4 is 15.4 Å². The van der Waals surface area contributed by atoms with Gasteiger partial charge >= 0.3 is 0 Å². The van der Waals surface area contributed by atoms with Gasteiger partial charge in [-0.1, -0.05) is 35.9 Å². The lowest BCUT2D eigenvalue weighted by molar-refractivity contribution is -0.128. The molecule has 3 N–H and O–H groups in total. The topological polar surface area (TPSA) is 113 Å². The number of carbonyl (C=O) groups excluding carboxylic acids is 2. The van der Waals surface area contributed by atoms with Gasteiger partial charge in [-0.05, 0) is 37.1 Å². The summed E-state index contributed by atoms with van der Waals surface area (Å²) < 4.78 is 66.4. The van der Waals surface area contributed by atoms with Crippen molar-refractivity contribution < 1.29 is 31.2 Å². The number of halogens is 5. The van der Waals surface area contributed by atoms with Crippen molar-refractivity contribution in [1.82, 2.24) is 9.62 Å². The Hall–Kier alpha value is -2.38. The van der Waals surface area contributed by atoms with Crippen molar-refractivity contribution in [1.29, 1.82) is 0 Å². The third kappa shape index (κ3) is 7.82. The van der Waals surface area contributed by atoms with Gasteiger partial charge in [0.1, 0.15) is 11.9 Å². The number of carbonyl (C=O) groups is 2. The number of nitrogens with two attached hydrogens (primary N) is 1. The maximum absolute atomic E-state index is 14.3. The van der Waals surface area contributed by atoms with E-state index in [1.54, 1.807) is 12.1 Å². The van der Waals surface area contributed by atoms with Crippen LogP contribution in [-0.2, 0) is 19.8 Å². The highest BCUT2D eigenvalue weighted by atomic mass is 35.5. The van der Waals surface area contributed by atoms with Gasteiger partial charge in [0, 0.05) is 47.6 Å². The Morgan fingerprint density at radius 3 is 2.37 bits per heavy atom. The zero-order valence-corrected chi connectivity index (χ0v) is 22.5. The second-order valence-electron chi connectivity index (χ2n) is 8.87. The van der Waals surface area contributed by atoms with Gasteiger partial charge in [-0.25, -0.2) is 18.3 Å². The molecule has 38 heavy (non-hydrogen) atoms. The van der Waals surface area contributed by atoms with Crippen LogP contribution in [0.15, 0.2) is 48.5 Å². The highest BCUT2D eigenvalue weighted by molar-refractivity contribution is 7.86. The number of alkyl halides is 3. The number of nitrogens with zero attached hydrogens (tertiary/aromatic N) is 2. The summed E-state index contributed by atoms with van der Waals surface area (Å²) >= 11 is 12.1. The van der Waals surface area contributed by atoms with Crippen LogP contribution in [0.5, 0.6) is 0 Å². The Morgan fingerprint density at radius 1 is 1.13 bits per heavy atom. The van der Waals surface area contributed by atoms with Crippen LogP contribution in [0, 0.1) is 5.82 Å². The minimum atomic E-state index is -4.37. The third-order valence-electron chi connectivity index (χ3n) is 6.13. The minimum absolute atomic E-state index is 0.0107. The first-order valence-corrected chi connectivity index (χ1v) is 14.1. The number of anilines is 1. The monoisotopic (exact) mass is 594 g/mol. The lowest BCUT2D eigenvalue weighted by Crippen LogP contribution is -2.51. The standard InChI is InChI=1S/C24H27Cl2F3N4O4S/c25-12-13-32(38(30,36)37)15-21(34)33(18-5-3-4-16(27)14-18)22(19-6-1-2-7-20(19)26)23(35)31-17-8-10-24(28,29)11-9-17/h1-7,14,17,22H,8-13,15H2,(H,31,35)(H2,30,36,37). The van der Waals surface area contributed by atoms with Crippen LogP contribution in [0.25, 0.3) is 0 Å². The number of benzene rings is 2. The number of rotatable bonds is 10. The van der Waals surface area contributed by atoms with Crippen LogP contribution in [0.3, 0.4) is 0 Å². The molecule has 3 rings (SSSR count). The van der Waals surface area contributed by atoms with E-state index in [1.807, 2.05) is 0 Å². The van der Waals surface area contributed by atoms with Gasteiger partial charge in [0.15, 0.2) is 0 Å². The van der Waals surface area contributed by atoms with Crippen molar-refractivity contribution in [2.45, 2.75) is 43.7 Å². The fourth-order valence-corrected chi connectivity index (χ4v) is 5.42. The zero-order chi connectivity index (χ0) is 28.1. The molecule has 1 fully saturated rings. The van der Waals surface area contributed by atoms with Crippen LogP contribution in [0.1, 0.15) is 37.3 Å². The smallest absolute Gasteiger partial charge is 0.277 e. The molecule has 0 heterocycles. The molecule has 1 atom stereocenters. The molecule has 0 saturated heterocycles. The van der Waals surface area contributed by atoms with E-state index in [9.17, 15) is 31.2 Å². The second-order valence-corrected chi connectivity index (χ2v) is 11.2. The molecule has 1 unspecified atom stereocenters. The molecular formula is C24H27Cl2F3N4O4S. The summed E-state index contributed by atoms with van der Waals surface area (Å²) in [5, 5.41) is 8.05. The Bertz CT molecular complexity index is 1260. The summed E-state index contributed by atoms with van der Waals surface area (Å²) in [7, 11) is -4.37. The second kappa shape index (κ2) is 12.6. The van der Waals surface area contributed by atoms with E-state index in [4.69, 9.17) is 28.3 Å². The lowest BCUT2D eigenvalue weighted by atomic mass is 9.91. The predicted octanol–water partition coefficient (Wildman–Crippen LogP) is 3.99. The average molecular weight is 595 g/mol. The summed E-state index contributed by atoms with van der Waals surface area (Å²) in [4.78, 5) is 28.3. The Morgan fingerprint density at radius 2 is 1.79 bits per heavy atom. The van der Waals surface area contributed by atoms with Crippen molar-refractivity contribution in [3.63, 3.8) is 0 Å². The van der Waals surface area contributed by atoms with E-state index in [0.717, 1.165) is 17.0 Å². The zero-order valence-electron chi connectivity index (χ0n) is 20.1. The number of amides is 2. The Labute approximate surface area is 229 Å². The highest BCUT2D eigenvalue weighted by Crippen LogP contribution is 2.35. The molecule has 1 saturated carbocycles. The van der Waals surface area contributed by atoms with E-state index in [0.29, 0.717) is 4.31 Å².